The average Bonchev–Trinajstić information content (AvgIpc) is 3.15. The summed E-state index contributed by atoms with van der Waals surface area (Å²) in [6.07, 6.45) is 1.68. The normalized spacial score (nSPS) is 10.8. The maximum Gasteiger partial charge on any atom is 0.259 e. The molecule has 0 N–H and O–H groups in total. The zero-order chi connectivity index (χ0) is 17.2. The molecule has 0 saturated carbocycles. The predicted molar refractivity (Wildman–Crippen MR) is 95.8 cm³/mol. The van der Waals surface area contributed by atoms with Crippen molar-refractivity contribution in [1.82, 2.24) is 14.7 Å². The van der Waals surface area contributed by atoms with Crippen molar-refractivity contribution in [1.29, 1.82) is 0 Å². The van der Waals surface area contributed by atoms with Gasteiger partial charge in [-0.05, 0) is 17.2 Å². The van der Waals surface area contributed by atoms with E-state index < -0.39 is 0 Å². The van der Waals surface area contributed by atoms with Crippen molar-refractivity contribution in [3.05, 3.63) is 83.3 Å². The first-order chi connectivity index (χ1) is 12.2. The Hall–Kier alpha value is -3.47. The lowest BCUT2D eigenvalue weighted by molar-refractivity contribution is 0.432. The minimum absolute atomic E-state index is 0.0833. The second kappa shape index (κ2) is 6.20. The number of hydrogen-bond donors (Lipinski definition) is 0. The number of nitrogens with zero attached hydrogens (tertiary/aromatic N) is 3. The van der Waals surface area contributed by atoms with E-state index in [1.54, 1.807) is 19.3 Å². The van der Waals surface area contributed by atoms with Crippen molar-refractivity contribution < 1.29 is 4.52 Å². The third-order valence-electron chi connectivity index (χ3n) is 4.01. The molecule has 0 unspecified atom stereocenters. The van der Waals surface area contributed by atoms with Crippen molar-refractivity contribution >= 4 is 0 Å². The molecule has 0 bridgehead atoms. The lowest BCUT2D eigenvalue weighted by atomic mass is 10.0. The highest BCUT2D eigenvalue weighted by Gasteiger charge is 2.11. The zero-order valence-electron chi connectivity index (χ0n) is 13.6. The van der Waals surface area contributed by atoms with Gasteiger partial charge in [0.05, 0.1) is 5.56 Å². The quantitative estimate of drug-likeness (QED) is 0.574. The van der Waals surface area contributed by atoms with Gasteiger partial charge in [-0.1, -0.05) is 59.8 Å². The molecule has 5 nitrogen and oxygen atoms in total. The number of hydrogen-bond acceptors (Lipinski definition) is 4. The smallest absolute Gasteiger partial charge is 0.259 e. The van der Waals surface area contributed by atoms with Crippen molar-refractivity contribution in [2.75, 3.05) is 0 Å². The molecule has 0 saturated heterocycles. The van der Waals surface area contributed by atoms with Gasteiger partial charge in [0.15, 0.2) is 0 Å². The Balaban J connectivity index is 1.64. The van der Waals surface area contributed by atoms with E-state index in [0.717, 1.165) is 16.7 Å². The molecule has 0 aliphatic carbocycles. The third-order valence-corrected chi connectivity index (χ3v) is 4.01. The molecule has 0 aliphatic heterocycles. The lowest BCUT2D eigenvalue weighted by Gasteiger charge is -2.01. The number of benzene rings is 2. The Morgan fingerprint density at radius 3 is 2.16 bits per heavy atom. The van der Waals surface area contributed by atoms with Gasteiger partial charge in [-0.15, -0.1) is 0 Å². The first kappa shape index (κ1) is 15.1. The van der Waals surface area contributed by atoms with Gasteiger partial charge in [-0.25, -0.2) is 0 Å². The third kappa shape index (κ3) is 2.99. The summed E-state index contributed by atoms with van der Waals surface area (Å²) in [5, 5.41) is 4.04. The summed E-state index contributed by atoms with van der Waals surface area (Å²) in [6, 6.07) is 21.3. The molecule has 0 amide bonds. The molecular weight excluding hydrogens is 314 g/mol. The molecule has 122 valence electrons. The van der Waals surface area contributed by atoms with Crippen molar-refractivity contribution in [3.8, 4) is 34.0 Å². The summed E-state index contributed by atoms with van der Waals surface area (Å²) in [6.45, 7) is 0. The summed E-state index contributed by atoms with van der Waals surface area (Å²) in [5.74, 6) is 0.904. The fraction of sp³-hybridized carbons (Fsp3) is 0.0500. The molecule has 2 aromatic carbocycles. The molecule has 0 aliphatic rings. The van der Waals surface area contributed by atoms with Gasteiger partial charge in [-0.3, -0.25) is 4.79 Å². The molecule has 5 heteroatoms. The summed E-state index contributed by atoms with van der Waals surface area (Å²) >= 11 is 0. The Bertz CT molecular complexity index is 1060. The maximum absolute atomic E-state index is 11.5. The van der Waals surface area contributed by atoms with Gasteiger partial charge < -0.3 is 9.09 Å². The van der Waals surface area contributed by atoms with E-state index >= 15 is 0 Å². The number of pyridine rings is 1. The molecule has 4 rings (SSSR count). The summed E-state index contributed by atoms with van der Waals surface area (Å²) in [4.78, 5) is 15.9. The molecule has 2 aromatic heterocycles. The number of rotatable bonds is 3. The fourth-order valence-electron chi connectivity index (χ4n) is 2.62. The van der Waals surface area contributed by atoms with Crippen LogP contribution in [0.5, 0.6) is 0 Å². The number of aromatic nitrogens is 3. The van der Waals surface area contributed by atoms with Crippen molar-refractivity contribution in [2.24, 2.45) is 7.05 Å². The van der Waals surface area contributed by atoms with Gasteiger partial charge in [0, 0.05) is 24.9 Å². The fourth-order valence-corrected chi connectivity index (χ4v) is 2.62. The van der Waals surface area contributed by atoms with Crippen LogP contribution >= 0.6 is 0 Å². The molecule has 0 radical (unpaired) electrons. The van der Waals surface area contributed by atoms with Crippen LogP contribution in [0.25, 0.3) is 34.0 Å². The van der Waals surface area contributed by atoms with E-state index in [2.05, 4.69) is 22.3 Å². The van der Waals surface area contributed by atoms with Crippen LogP contribution in [0.3, 0.4) is 0 Å². The first-order valence-corrected chi connectivity index (χ1v) is 7.87. The number of aryl methyl sites for hydroxylation is 1. The van der Waals surface area contributed by atoms with E-state index in [9.17, 15) is 4.79 Å². The van der Waals surface area contributed by atoms with Gasteiger partial charge in [0.1, 0.15) is 0 Å². The second-order valence-corrected chi connectivity index (χ2v) is 5.73. The molecule has 25 heavy (non-hydrogen) atoms. The van der Waals surface area contributed by atoms with Crippen LogP contribution in [0.1, 0.15) is 0 Å². The van der Waals surface area contributed by atoms with Crippen LogP contribution in [-0.4, -0.2) is 14.7 Å². The predicted octanol–water partition coefficient (Wildman–Crippen LogP) is 3.77. The largest absolute Gasteiger partial charge is 0.334 e. The van der Waals surface area contributed by atoms with E-state index in [4.69, 9.17) is 4.52 Å². The Labute approximate surface area is 144 Å². The highest BCUT2D eigenvalue weighted by Crippen LogP contribution is 2.25. The lowest BCUT2D eigenvalue weighted by Crippen LogP contribution is -2.13. The van der Waals surface area contributed by atoms with Crippen LogP contribution in [0.15, 0.2) is 82.2 Å². The summed E-state index contributed by atoms with van der Waals surface area (Å²) < 4.78 is 6.82. The maximum atomic E-state index is 11.5. The molecule has 2 heterocycles. The Morgan fingerprint density at radius 2 is 1.44 bits per heavy atom. The van der Waals surface area contributed by atoms with E-state index in [1.807, 2.05) is 42.5 Å². The summed E-state index contributed by atoms with van der Waals surface area (Å²) in [7, 11) is 1.69. The highest BCUT2D eigenvalue weighted by atomic mass is 16.5. The monoisotopic (exact) mass is 329 g/mol. The van der Waals surface area contributed by atoms with E-state index in [1.165, 1.54) is 10.6 Å². The summed E-state index contributed by atoms with van der Waals surface area (Å²) in [5.41, 5.74) is 3.79. The average molecular weight is 329 g/mol. The van der Waals surface area contributed by atoms with Crippen LogP contribution < -0.4 is 5.56 Å². The molecule has 0 spiro atoms. The second-order valence-electron chi connectivity index (χ2n) is 5.73. The minimum Gasteiger partial charge on any atom is -0.334 e. The Kier molecular flexibility index (Phi) is 3.74. The Morgan fingerprint density at radius 1 is 0.800 bits per heavy atom. The van der Waals surface area contributed by atoms with Crippen molar-refractivity contribution in [3.63, 3.8) is 0 Å². The molecular formula is C20H15N3O2. The highest BCUT2D eigenvalue weighted by molar-refractivity contribution is 5.68. The SMILES string of the molecule is Cn1cc(-c2nc(-c3ccc(-c4ccccc4)cc3)no2)ccc1=O. The van der Waals surface area contributed by atoms with Crippen LogP contribution in [0.2, 0.25) is 0 Å². The molecule has 0 fully saturated rings. The van der Waals surface area contributed by atoms with Crippen LogP contribution in [-0.2, 0) is 7.05 Å². The van der Waals surface area contributed by atoms with E-state index in [-0.39, 0.29) is 5.56 Å². The zero-order valence-corrected chi connectivity index (χ0v) is 13.6. The van der Waals surface area contributed by atoms with Gasteiger partial charge in [0.25, 0.3) is 5.89 Å². The van der Waals surface area contributed by atoms with E-state index in [0.29, 0.717) is 17.3 Å². The van der Waals surface area contributed by atoms with Crippen molar-refractivity contribution in [2.45, 2.75) is 0 Å². The standard InChI is InChI=1S/C20H15N3O2/c1-23-13-17(11-12-18(23)24)20-21-19(22-25-20)16-9-7-15(8-10-16)14-5-3-2-4-6-14/h2-13H,1H3. The molecule has 4 aromatic rings. The first-order valence-electron chi connectivity index (χ1n) is 7.87. The topological polar surface area (TPSA) is 60.9 Å². The van der Waals surface area contributed by atoms with Crippen LogP contribution in [0.4, 0.5) is 0 Å². The van der Waals surface area contributed by atoms with Gasteiger partial charge in [0.2, 0.25) is 11.4 Å². The van der Waals surface area contributed by atoms with Crippen LogP contribution in [0, 0.1) is 0 Å². The molecule has 0 atom stereocenters. The van der Waals surface area contributed by atoms with Gasteiger partial charge in [-0.2, -0.15) is 4.98 Å². The van der Waals surface area contributed by atoms with Gasteiger partial charge >= 0.3 is 0 Å². The minimum atomic E-state index is -0.0833.